The van der Waals surface area contributed by atoms with Gasteiger partial charge in [0.2, 0.25) is 0 Å². The number of fused-ring (bicyclic) bond motifs is 1. The minimum absolute atomic E-state index is 0. The summed E-state index contributed by atoms with van der Waals surface area (Å²) in [5, 5.41) is 0.455. The molecule has 1 aliphatic carbocycles. The van der Waals surface area contributed by atoms with Crippen LogP contribution in [0, 0.1) is 6.07 Å². The molecule has 1 heterocycles. The van der Waals surface area contributed by atoms with Crippen LogP contribution in [0.5, 0.6) is 0 Å². The summed E-state index contributed by atoms with van der Waals surface area (Å²) in [7, 11) is 1.72. The fourth-order valence-corrected chi connectivity index (χ4v) is 2.86. The molecule has 0 saturated heterocycles. The quantitative estimate of drug-likeness (QED) is 0.594. The summed E-state index contributed by atoms with van der Waals surface area (Å²) in [5.74, 6) is 0. The standard InChI is InChI=1S/C15H14ClN2O2.W/c1-17-13-5-3-2-4-12(13)14(19)18(15(17)20)11-8-6-10(16)7-9-11;/h6,8-9H,2-5H2,1H3;/q-1;. The van der Waals surface area contributed by atoms with Crippen molar-refractivity contribution < 1.29 is 21.1 Å². The monoisotopic (exact) mass is 473 g/mol. The van der Waals surface area contributed by atoms with Crippen LogP contribution in [-0.2, 0) is 41.0 Å². The Morgan fingerprint density at radius 2 is 1.90 bits per heavy atom. The zero-order chi connectivity index (χ0) is 14.3. The van der Waals surface area contributed by atoms with Crippen molar-refractivity contribution in [2.75, 3.05) is 0 Å². The van der Waals surface area contributed by atoms with Crippen LogP contribution in [0.3, 0.4) is 0 Å². The Labute approximate surface area is 141 Å². The Kier molecular flexibility index (Phi) is 4.90. The number of hydrogen-bond acceptors (Lipinski definition) is 2. The van der Waals surface area contributed by atoms with Crippen molar-refractivity contribution in [1.29, 1.82) is 0 Å². The van der Waals surface area contributed by atoms with Crippen LogP contribution in [0.2, 0.25) is 5.02 Å². The summed E-state index contributed by atoms with van der Waals surface area (Å²) in [6.07, 6.45) is 3.55. The van der Waals surface area contributed by atoms with Gasteiger partial charge in [-0.3, -0.25) is 9.36 Å². The molecule has 0 spiro atoms. The fraction of sp³-hybridized carbons (Fsp3) is 0.333. The van der Waals surface area contributed by atoms with E-state index in [1.165, 1.54) is 4.57 Å². The zero-order valence-electron chi connectivity index (χ0n) is 11.6. The molecule has 0 radical (unpaired) electrons. The number of benzene rings is 1. The molecule has 21 heavy (non-hydrogen) atoms. The van der Waals surface area contributed by atoms with Gasteiger partial charge in [0.25, 0.3) is 5.56 Å². The molecule has 110 valence electrons. The van der Waals surface area contributed by atoms with E-state index in [4.69, 9.17) is 11.6 Å². The maximum absolute atomic E-state index is 12.6. The molecule has 0 amide bonds. The molecule has 0 fully saturated rings. The van der Waals surface area contributed by atoms with E-state index < -0.39 is 0 Å². The number of halogens is 1. The van der Waals surface area contributed by atoms with Gasteiger partial charge < -0.3 is 4.57 Å². The number of hydrogen-bond donors (Lipinski definition) is 0. The number of rotatable bonds is 1. The van der Waals surface area contributed by atoms with Gasteiger partial charge in [0.15, 0.2) is 0 Å². The van der Waals surface area contributed by atoms with Crippen LogP contribution < -0.4 is 11.2 Å². The predicted molar refractivity (Wildman–Crippen MR) is 77.8 cm³/mol. The second-order valence-electron chi connectivity index (χ2n) is 5.01. The van der Waals surface area contributed by atoms with Gasteiger partial charge in [0.1, 0.15) is 0 Å². The van der Waals surface area contributed by atoms with Gasteiger partial charge >= 0.3 is 5.69 Å². The Balaban J connectivity index is 0.00000161. The first kappa shape index (κ1) is 16.3. The van der Waals surface area contributed by atoms with Crippen LogP contribution in [0.1, 0.15) is 24.1 Å². The van der Waals surface area contributed by atoms with Gasteiger partial charge in [-0.1, -0.05) is 10.7 Å². The van der Waals surface area contributed by atoms with Gasteiger partial charge in [-0.2, -0.15) is 18.2 Å². The van der Waals surface area contributed by atoms with Crippen molar-refractivity contribution in [1.82, 2.24) is 9.13 Å². The van der Waals surface area contributed by atoms with Crippen molar-refractivity contribution in [2.45, 2.75) is 25.7 Å². The normalized spacial score (nSPS) is 13.4. The number of nitrogens with zero attached hydrogens (tertiary/aromatic N) is 2. The maximum atomic E-state index is 12.6. The molecule has 4 nitrogen and oxygen atoms in total. The van der Waals surface area contributed by atoms with E-state index in [1.54, 1.807) is 29.8 Å². The Morgan fingerprint density at radius 3 is 2.57 bits per heavy atom. The molecule has 1 aliphatic rings. The summed E-state index contributed by atoms with van der Waals surface area (Å²) in [5.41, 5.74) is 1.62. The van der Waals surface area contributed by atoms with E-state index in [0.29, 0.717) is 10.7 Å². The van der Waals surface area contributed by atoms with Crippen LogP contribution in [0.15, 0.2) is 27.8 Å². The van der Waals surface area contributed by atoms with Crippen molar-refractivity contribution in [3.05, 3.63) is 61.4 Å². The molecule has 0 aliphatic heterocycles. The Bertz CT molecular complexity index is 778. The molecule has 2 aromatic rings. The van der Waals surface area contributed by atoms with Gasteiger partial charge in [-0.25, -0.2) is 4.79 Å². The molecular weight excluding hydrogens is 459 g/mol. The van der Waals surface area contributed by atoms with Gasteiger partial charge in [0.05, 0.1) is 0 Å². The smallest absolute Gasteiger partial charge is 0.301 e. The minimum atomic E-state index is -0.314. The van der Waals surface area contributed by atoms with Crippen LogP contribution >= 0.6 is 11.6 Å². The third-order valence-electron chi connectivity index (χ3n) is 3.80. The summed E-state index contributed by atoms with van der Waals surface area (Å²) in [6.45, 7) is 0. The van der Waals surface area contributed by atoms with Crippen molar-refractivity contribution >= 4 is 11.6 Å². The second kappa shape index (κ2) is 6.33. The molecule has 1 aromatic carbocycles. The Morgan fingerprint density at radius 1 is 1.19 bits per heavy atom. The average molecular weight is 474 g/mol. The fourth-order valence-electron chi connectivity index (χ4n) is 2.74. The first-order chi connectivity index (χ1) is 9.59. The van der Waals surface area contributed by atoms with Gasteiger partial charge in [-0.05, 0) is 25.7 Å². The van der Waals surface area contributed by atoms with E-state index in [-0.39, 0.29) is 32.3 Å². The van der Waals surface area contributed by atoms with E-state index in [1.807, 2.05) is 0 Å². The number of aromatic nitrogens is 2. The molecule has 6 heteroatoms. The summed E-state index contributed by atoms with van der Waals surface area (Å²) in [4.78, 5) is 25.0. The van der Waals surface area contributed by atoms with Gasteiger partial charge in [0, 0.05) is 39.4 Å². The van der Waals surface area contributed by atoms with Crippen LogP contribution in [0.4, 0.5) is 0 Å². The van der Waals surface area contributed by atoms with Crippen molar-refractivity contribution in [3.8, 4) is 5.69 Å². The van der Waals surface area contributed by atoms with E-state index in [2.05, 4.69) is 6.07 Å². The largest absolute Gasteiger partial charge is 0.324 e. The van der Waals surface area contributed by atoms with E-state index in [9.17, 15) is 9.59 Å². The summed E-state index contributed by atoms with van der Waals surface area (Å²) >= 11 is 5.80. The second-order valence-corrected chi connectivity index (χ2v) is 5.42. The maximum Gasteiger partial charge on any atom is 0.324 e. The van der Waals surface area contributed by atoms with Crippen molar-refractivity contribution in [3.63, 3.8) is 0 Å². The summed E-state index contributed by atoms with van der Waals surface area (Å²) in [6, 6.07) is 7.67. The van der Waals surface area contributed by atoms with Gasteiger partial charge in [-0.15, -0.1) is 17.7 Å². The minimum Gasteiger partial charge on any atom is -0.301 e. The predicted octanol–water partition coefficient (Wildman–Crippen LogP) is 1.87. The van der Waals surface area contributed by atoms with Crippen molar-refractivity contribution in [2.24, 2.45) is 7.05 Å². The molecule has 3 rings (SSSR count). The van der Waals surface area contributed by atoms with Crippen LogP contribution in [-0.4, -0.2) is 9.13 Å². The SMILES string of the molecule is Cn1c2c(c(=O)n(-c3c[c-]c(Cl)cc3)c1=O)CCCC2.[W]. The molecular formula is C15H14ClN2O2W-. The van der Waals surface area contributed by atoms with Crippen LogP contribution in [0.25, 0.3) is 5.69 Å². The first-order valence-electron chi connectivity index (χ1n) is 6.61. The molecule has 0 atom stereocenters. The molecule has 0 saturated carbocycles. The topological polar surface area (TPSA) is 44.0 Å². The average Bonchev–Trinajstić information content (AvgIpc) is 2.47. The first-order valence-corrected chi connectivity index (χ1v) is 6.99. The third-order valence-corrected chi connectivity index (χ3v) is 4.03. The van der Waals surface area contributed by atoms with E-state index >= 15 is 0 Å². The summed E-state index contributed by atoms with van der Waals surface area (Å²) < 4.78 is 2.79. The zero-order valence-corrected chi connectivity index (χ0v) is 15.2. The Hall–Kier alpha value is -1.12. The molecule has 0 unspecified atom stereocenters. The molecule has 0 N–H and O–H groups in total. The van der Waals surface area contributed by atoms with E-state index in [0.717, 1.165) is 36.9 Å². The third kappa shape index (κ3) is 2.79. The molecule has 1 aromatic heterocycles. The molecule has 0 bridgehead atoms.